The third-order valence-corrected chi connectivity index (χ3v) is 2.76. The minimum atomic E-state index is -0.0000449. The molecule has 0 bridgehead atoms. The zero-order valence-electron chi connectivity index (χ0n) is 9.95. The van der Waals surface area contributed by atoms with Crippen molar-refractivity contribution in [2.45, 2.75) is 19.8 Å². The van der Waals surface area contributed by atoms with Gasteiger partial charge in [-0.1, -0.05) is 6.92 Å². The van der Waals surface area contributed by atoms with Crippen molar-refractivity contribution in [3.63, 3.8) is 0 Å². The lowest BCUT2D eigenvalue weighted by Gasteiger charge is -2.27. The Morgan fingerprint density at radius 1 is 1.50 bits per heavy atom. The van der Waals surface area contributed by atoms with E-state index in [0.717, 1.165) is 12.8 Å². The largest absolute Gasteiger partial charge is 0.396 e. The summed E-state index contributed by atoms with van der Waals surface area (Å²) in [7, 11) is 0. The number of nitrogens with zero attached hydrogens (tertiary/aromatic N) is 1. The predicted molar refractivity (Wildman–Crippen MR) is 61.3 cm³/mol. The second-order valence-electron chi connectivity index (χ2n) is 4.26. The van der Waals surface area contributed by atoms with Gasteiger partial charge in [0.25, 0.3) is 0 Å². The van der Waals surface area contributed by atoms with Crippen molar-refractivity contribution in [1.82, 2.24) is 10.2 Å². The summed E-state index contributed by atoms with van der Waals surface area (Å²) < 4.78 is 5.17. The molecule has 1 unspecified atom stereocenters. The van der Waals surface area contributed by atoms with Crippen LogP contribution in [0.3, 0.4) is 0 Å². The molecule has 1 saturated heterocycles. The van der Waals surface area contributed by atoms with Gasteiger partial charge in [-0.3, -0.25) is 0 Å². The second kappa shape index (κ2) is 7.46. The summed E-state index contributed by atoms with van der Waals surface area (Å²) in [5.41, 5.74) is 0. The van der Waals surface area contributed by atoms with Crippen LogP contribution in [-0.4, -0.2) is 55.5 Å². The summed E-state index contributed by atoms with van der Waals surface area (Å²) >= 11 is 0. The van der Waals surface area contributed by atoms with E-state index in [2.05, 4.69) is 5.32 Å². The first kappa shape index (κ1) is 13.3. The zero-order chi connectivity index (χ0) is 11.8. The number of aliphatic hydroxyl groups is 1. The molecule has 0 radical (unpaired) electrons. The van der Waals surface area contributed by atoms with Gasteiger partial charge in [-0.25, -0.2) is 4.79 Å². The van der Waals surface area contributed by atoms with Crippen molar-refractivity contribution >= 4 is 6.03 Å². The van der Waals surface area contributed by atoms with Gasteiger partial charge in [0, 0.05) is 26.2 Å². The Balaban J connectivity index is 2.05. The molecule has 0 aromatic rings. The van der Waals surface area contributed by atoms with Crippen LogP contribution in [0, 0.1) is 5.92 Å². The molecule has 1 atom stereocenters. The monoisotopic (exact) mass is 230 g/mol. The Morgan fingerprint density at radius 3 is 2.81 bits per heavy atom. The standard InChI is InChI=1S/C11H22N2O3/c1-10(9-14)3-2-4-12-11(15)13-5-7-16-8-6-13/h10,14H,2-9H2,1H3,(H,12,15). The fourth-order valence-electron chi connectivity index (χ4n) is 1.62. The van der Waals surface area contributed by atoms with Gasteiger partial charge in [0.05, 0.1) is 13.2 Å². The van der Waals surface area contributed by atoms with E-state index in [1.807, 2.05) is 6.92 Å². The van der Waals surface area contributed by atoms with Gasteiger partial charge in [-0.2, -0.15) is 0 Å². The normalized spacial score (nSPS) is 18.2. The summed E-state index contributed by atoms with van der Waals surface area (Å²) in [6.07, 6.45) is 1.86. The topological polar surface area (TPSA) is 61.8 Å². The number of nitrogens with one attached hydrogen (secondary N) is 1. The van der Waals surface area contributed by atoms with Crippen LogP contribution >= 0.6 is 0 Å². The summed E-state index contributed by atoms with van der Waals surface area (Å²) in [5.74, 6) is 0.320. The molecule has 2 amide bonds. The number of aliphatic hydroxyl groups excluding tert-OH is 1. The molecule has 1 aliphatic heterocycles. The van der Waals surface area contributed by atoms with E-state index in [1.165, 1.54) is 0 Å². The summed E-state index contributed by atoms with van der Waals surface area (Å²) in [6.45, 7) is 5.53. The zero-order valence-corrected chi connectivity index (χ0v) is 9.95. The van der Waals surface area contributed by atoms with Gasteiger partial charge >= 0.3 is 6.03 Å². The number of carbonyl (C=O) groups excluding carboxylic acids is 1. The fraction of sp³-hybridized carbons (Fsp3) is 0.909. The molecular weight excluding hydrogens is 208 g/mol. The molecule has 16 heavy (non-hydrogen) atoms. The van der Waals surface area contributed by atoms with Crippen LogP contribution in [0.25, 0.3) is 0 Å². The molecule has 0 aromatic carbocycles. The van der Waals surface area contributed by atoms with Crippen molar-refractivity contribution in [3.05, 3.63) is 0 Å². The molecule has 1 heterocycles. The molecule has 5 heteroatoms. The highest BCUT2D eigenvalue weighted by Crippen LogP contribution is 2.03. The molecular formula is C11H22N2O3. The third kappa shape index (κ3) is 4.81. The molecule has 1 rings (SSSR count). The van der Waals surface area contributed by atoms with Crippen LogP contribution in [0.1, 0.15) is 19.8 Å². The molecule has 2 N–H and O–H groups in total. The number of hydrogen-bond donors (Lipinski definition) is 2. The van der Waals surface area contributed by atoms with E-state index < -0.39 is 0 Å². The minimum Gasteiger partial charge on any atom is -0.396 e. The molecule has 0 aromatic heterocycles. The van der Waals surface area contributed by atoms with Crippen LogP contribution in [0.2, 0.25) is 0 Å². The first-order valence-corrected chi connectivity index (χ1v) is 5.95. The summed E-state index contributed by atoms with van der Waals surface area (Å²) in [5, 5.41) is 11.7. The molecule has 1 fully saturated rings. The van der Waals surface area contributed by atoms with Crippen molar-refractivity contribution in [3.8, 4) is 0 Å². The highest BCUT2D eigenvalue weighted by atomic mass is 16.5. The Labute approximate surface area is 96.8 Å². The lowest BCUT2D eigenvalue weighted by Crippen LogP contribution is -2.46. The van der Waals surface area contributed by atoms with Crippen molar-refractivity contribution in [1.29, 1.82) is 0 Å². The van der Waals surface area contributed by atoms with Crippen molar-refractivity contribution < 1.29 is 14.6 Å². The maximum Gasteiger partial charge on any atom is 0.317 e. The Kier molecular flexibility index (Phi) is 6.18. The van der Waals surface area contributed by atoms with Gasteiger partial charge in [0.1, 0.15) is 0 Å². The second-order valence-corrected chi connectivity index (χ2v) is 4.26. The van der Waals surface area contributed by atoms with E-state index in [0.29, 0.717) is 38.8 Å². The van der Waals surface area contributed by atoms with Gasteiger partial charge < -0.3 is 20.1 Å². The quantitative estimate of drug-likeness (QED) is 0.674. The van der Waals surface area contributed by atoms with Crippen molar-refractivity contribution in [2.24, 2.45) is 5.92 Å². The van der Waals surface area contributed by atoms with E-state index in [9.17, 15) is 4.79 Å². The number of carbonyl (C=O) groups is 1. The lowest BCUT2D eigenvalue weighted by atomic mass is 10.1. The van der Waals surface area contributed by atoms with Crippen LogP contribution in [0.15, 0.2) is 0 Å². The van der Waals surface area contributed by atoms with Gasteiger partial charge in [0.2, 0.25) is 0 Å². The van der Waals surface area contributed by atoms with E-state index in [-0.39, 0.29) is 12.6 Å². The highest BCUT2D eigenvalue weighted by molar-refractivity contribution is 5.74. The SMILES string of the molecule is CC(CO)CCCNC(=O)N1CCOCC1. The average molecular weight is 230 g/mol. The fourth-order valence-corrected chi connectivity index (χ4v) is 1.62. The van der Waals surface area contributed by atoms with E-state index in [1.54, 1.807) is 4.90 Å². The number of amides is 2. The third-order valence-electron chi connectivity index (χ3n) is 2.76. The van der Waals surface area contributed by atoms with E-state index >= 15 is 0 Å². The average Bonchev–Trinajstić information content (AvgIpc) is 2.35. The first-order valence-electron chi connectivity index (χ1n) is 5.95. The Morgan fingerprint density at radius 2 is 2.19 bits per heavy atom. The van der Waals surface area contributed by atoms with Gasteiger partial charge in [0.15, 0.2) is 0 Å². The Bertz CT molecular complexity index is 205. The predicted octanol–water partition coefficient (Wildman–Crippen LogP) is 0.437. The molecule has 0 aliphatic carbocycles. The molecule has 94 valence electrons. The van der Waals surface area contributed by atoms with Gasteiger partial charge in [-0.15, -0.1) is 0 Å². The maximum atomic E-state index is 11.6. The number of hydrogen-bond acceptors (Lipinski definition) is 3. The first-order chi connectivity index (χ1) is 7.74. The molecule has 0 saturated carbocycles. The highest BCUT2D eigenvalue weighted by Gasteiger charge is 2.15. The van der Waals surface area contributed by atoms with Crippen molar-refractivity contribution in [2.75, 3.05) is 39.5 Å². The molecule has 0 spiro atoms. The maximum absolute atomic E-state index is 11.6. The summed E-state index contributed by atoms with van der Waals surface area (Å²) in [6, 6.07) is -0.0000449. The smallest absolute Gasteiger partial charge is 0.317 e. The summed E-state index contributed by atoms with van der Waals surface area (Å²) in [4.78, 5) is 13.4. The number of urea groups is 1. The molecule has 1 aliphatic rings. The van der Waals surface area contributed by atoms with Crippen LogP contribution < -0.4 is 5.32 Å². The van der Waals surface area contributed by atoms with Crippen LogP contribution in [0.4, 0.5) is 4.79 Å². The molecule has 5 nitrogen and oxygen atoms in total. The number of morpholine rings is 1. The van der Waals surface area contributed by atoms with E-state index in [4.69, 9.17) is 9.84 Å². The van der Waals surface area contributed by atoms with Crippen LogP contribution in [0.5, 0.6) is 0 Å². The van der Waals surface area contributed by atoms with Gasteiger partial charge in [-0.05, 0) is 18.8 Å². The van der Waals surface area contributed by atoms with Crippen LogP contribution in [-0.2, 0) is 4.74 Å². The number of ether oxygens (including phenoxy) is 1. The number of rotatable bonds is 5. The lowest BCUT2D eigenvalue weighted by molar-refractivity contribution is 0.0532. The minimum absolute atomic E-state index is 0.0000449. The Hall–Kier alpha value is -0.810.